The van der Waals surface area contributed by atoms with Crippen LogP contribution in [0.25, 0.3) is 0 Å². The van der Waals surface area contributed by atoms with E-state index in [2.05, 4.69) is 16.5 Å². The monoisotopic (exact) mass is 284 g/mol. The lowest BCUT2D eigenvalue weighted by molar-refractivity contribution is -0.133. The first kappa shape index (κ1) is 14.4. The van der Waals surface area contributed by atoms with Gasteiger partial charge >= 0.3 is 5.97 Å². The molecule has 0 atom stereocenters. The standard InChI is InChI=1S/C13H20N2O3S/c1-2-11-7-14-13(19-9-12(16)17)15(11)8-10-3-5-18-6-4-10/h7,10H,2-6,8-9H2,1H3,(H,16,17). The zero-order valence-corrected chi connectivity index (χ0v) is 12.0. The summed E-state index contributed by atoms with van der Waals surface area (Å²) in [5.41, 5.74) is 1.18. The first-order valence-electron chi connectivity index (χ1n) is 6.67. The highest BCUT2D eigenvalue weighted by molar-refractivity contribution is 7.99. The molecule has 0 saturated carbocycles. The van der Waals surface area contributed by atoms with E-state index in [-0.39, 0.29) is 5.75 Å². The van der Waals surface area contributed by atoms with Crippen LogP contribution in [0.1, 0.15) is 25.5 Å². The van der Waals surface area contributed by atoms with Crippen LogP contribution in [0.3, 0.4) is 0 Å². The van der Waals surface area contributed by atoms with Gasteiger partial charge in [0.05, 0.1) is 5.75 Å². The number of rotatable bonds is 6. The lowest BCUT2D eigenvalue weighted by atomic mass is 10.0. The van der Waals surface area contributed by atoms with Gasteiger partial charge in [0.25, 0.3) is 0 Å². The predicted octanol–water partition coefficient (Wildman–Crippen LogP) is 2.05. The lowest BCUT2D eigenvalue weighted by Crippen LogP contribution is -2.21. The molecule has 1 aromatic heterocycles. The number of carbonyl (C=O) groups is 1. The Balaban J connectivity index is 2.06. The van der Waals surface area contributed by atoms with Crippen LogP contribution in [0, 0.1) is 5.92 Å². The molecule has 1 aliphatic heterocycles. The fourth-order valence-corrected chi connectivity index (χ4v) is 3.03. The third-order valence-electron chi connectivity index (χ3n) is 3.37. The lowest BCUT2D eigenvalue weighted by Gasteiger charge is -2.24. The number of thioether (sulfide) groups is 1. The van der Waals surface area contributed by atoms with Crippen molar-refractivity contribution in [2.24, 2.45) is 5.92 Å². The molecule has 0 spiro atoms. The van der Waals surface area contributed by atoms with E-state index in [1.54, 1.807) is 0 Å². The second kappa shape index (κ2) is 6.96. The van der Waals surface area contributed by atoms with Crippen molar-refractivity contribution in [2.75, 3.05) is 19.0 Å². The van der Waals surface area contributed by atoms with Crippen molar-refractivity contribution in [3.8, 4) is 0 Å². The second-order valence-electron chi connectivity index (χ2n) is 4.73. The Hall–Kier alpha value is -1.01. The Morgan fingerprint density at radius 1 is 1.58 bits per heavy atom. The first-order chi connectivity index (χ1) is 9.20. The molecule has 5 nitrogen and oxygen atoms in total. The highest BCUT2D eigenvalue weighted by Gasteiger charge is 2.18. The molecule has 0 aromatic carbocycles. The van der Waals surface area contributed by atoms with Crippen molar-refractivity contribution in [3.63, 3.8) is 0 Å². The molecule has 0 unspecified atom stereocenters. The average Bonchev–Trinajstić information content (AvgIpc) is 2.80. The van der Waals surface area contributed by atoms with Crippen LogP contribution in [0.2, 0.25) is 0 Å². The van der Waals surface area contributed by atoms with E-state index in [0.29, 0.717) is 5.92 Å². The number of hydrogen-bond acceptors (Lipinski definition) is 4. The quantitative estimate of drug-likeness (QED) is 0.810. The SMILES string of the molecule is CCc1cnc(SCC(=O)O)n1CC1CCOCC1. The second-order valence-corrected chi connectivity index (χ2v) is 5.68. The molecule has 1 aromatic rings. The van der Waals surface area contributed by atoms with Crippen LogP contribution in [0.15, 0.2) is 11.4 Å². The van der Waals surface area contributed by atoms with Crippen molar-refractivity contribution < 1.29 is 14.6 Å². The maximum absolute atomic E-state index is 10.7. The summed E-state index contributed by atoms with van der Waals surface area (Å²) >= 11 is 1.30. The molecule has 6 heteroatoms. The van der Waals surface area contributed by atoms with Gasteiger partial charge in [0.1, 0.15) is 0 Å². The molecule has 0 aliphatic carbocycles. The smallest absolute Gasteiger partial charge is 0.313 e. The molecule has 0 amide bonds. The Bertz CT molecular complexity index is 428. The molecule has 1 aliphatic rings. The Labute approximate surface area is 117 Å². The van der Waals surface area contributed by atoms with Crippen molar-refractivity contribution in [1.29, 1.82) is 0 Å². The zero-order valence-electron chi connectivity index (χ0n) is 11.2. The summed E-state index contributed by atoms with van der Waals surface area (Å²) in [6.45, 7) is 4.69. The minimum absolute atomic E-state index is 0.0634. The van der Waals surface area contributed by atoms with Gasteiger partial charge in [0, 0.05) is 31.6 Å². The molecule has 2 heterocycles. The molecule has 0 bridgehead atoms. The van der Waals surface area contributed by atoms with Crippen molar-refractivity contribution in [3.05, 3.63) is 11.9 Å². The third-order valence-corrected chi connectivity index (χ3v) is 4.35. The largest absolute Gasteiger partial charge is 0.481 e. The van der Waals surface area contributed by atoms with E-state index in [9.17, 15) is 4.79 Å². The Morgan fingerprint density at radius 3 is 2.95 bits per heavy atom. The number of nitrogens with zero attached hydrogens (tertiary/aromatic N) is 2. The van der Waals surface area contributed by atoms with E-state index in [0.717, 1.165) is 44.2 Å². The van der Waals surface area contributed by atoms with Gasteiger partial charge in [-0.1, -0.05) is 18.7 Å². The summed E-state index contributed by atoms with van der Waals surface area (Å²) in [6, 6.07) is 0. The molecule has 106 valence electrons. The molecule has 19 heavy (non-hydrogen) atoms. The molecule has 1 fully saturated rings. The highest BCUT2D eigenvalue weighted by Crippen LogP contribution is 2.24. The van der Waals surface area contributed by atoms with Crippen molar-refractivity contribution in [2.45, 2.75) is 37.9 Å². The topological polar surface area (TPSA) is 64.3 Å². The van der Waals surface area contributed by atoms with E-state index < -0.39 is 5.97 Å². The van der Waals surface area contributed by atoms with E-state index in [1.807, 2.05) is 6.20 Å². The number of carboxylic acid groups (broad SMARTS) is 1. The predicted molar refractivity (Wildman–Crippen MR) is 73.5 cm³/mol. The average molecular weight is 284 g/mol. The molecule has 2 rings (SSSR count). The first-order valence-corrected chi connectivity index (χ1v) is 7.66. The number of ether oxygens (including phenoxy) is 1. The molecular formula is C13H20N2O3S. The maximum Gasteiger partial charge on any atom is 0.313 e. The van der Waals surface area contributed by atoms with Crippen LogP contribution < -0.4 is 0 Å². The van der Waals surface area contributed by atoms with Gasteiger partial charge in [-0.05, 0) is 25.2 Å². The zero-order chi connectivity index (χ0) is 13.7. The number of aliphatic carboxylic acids is 1. The number of carboxylic acids is 1. The normalized spacial score (nSPS) is 16.7. The molecule has 1 N–H and O–H groups in total. The molecule has 1 saturated heterocycles. The van der Waals surface area contributed by atoms with Crippen LogP contribution in [-0.4, -0.2) is 39.6 Å². The Kier molecular flexibility index (Phi) is 5.27. The fourth-order valence-electron chi connectivity index (χ4n) is 2.30. The van der Waals surface area contributed by atoms with Gasteiger partial charge in [-0.25, -0.2) is 4.98 Å². The molecular weight excluding hydrogens is 264 g/mol. The van der Waals surface area contributed by atoms with Gasteiger partial charge in [-0.3, -0.25) is 4.79 Å². The number of aromatic nitrogens is 2. The van der Waals surface area contributed by atoms with Crippen molar-refractivity contribution >= 4 is 17.7 Å². The highest BCUT2D eigenvalue weighted by atomic mass is 32.2. The minimum atomic E-state index is -0.802. The maximum atomic E-state index is 10.7. The van der Waals surface area contributed by atoms with Crippen LogP contribution in [-0.2, 0) is 22.5 Å². The number of hydrogen-bond donors (Lipinski definition) is 1. The van der Waals surface area contributed by atoms with E-state index in [1.165, 1.54) is 17.5 Å². The summed E-state index contributed by atoms with van der Waals surface area (Å²) < 4.78 is 7.56. The number of aryl methyl sites for hydroxylation is 1. The summed E-state index contributed by atoms with van der Waals surface area (Å²) in [7, 11) is 0. The van der Waals surface area contributed by atoms with E-state index in [4.69, 9.17) is 9.84 Å². The summed E-state index contributed by atoms with van der Waals surface area (Å²) in [4.78, 5) is 15.0. The Morgan fingerprint density at radius 2 is 2.32 bits per heavy atom. The summed E-state index contributed by atoms with van der Waals surface area (Å²) in [6.07, 6.45) is 4.93. The summed E-state index contributed by atoms with van der Waals surface area (Å²) in [5.74, 6) is -0.130. The van der Waals surface area contributed by atoms with Crippen LogP contribution in [0.4, 0.5) is 0 Å². The van der Waals surface area contributed by atoms with Crippen molar-refractivity contribution in [1.82, 2.24) is 9.55 Å². The minimum Gasteiger partial charge on any atom is -0.481 e. The van der Waals surface area contributed by atoms with Gasteiger partial charge in [0.15, 0.2) is 5.16 Å². The summed E-state index contributed by atoms with van der Waals surface area (Å²) in [5, 5.41) is 9.60. The third kappa shape index (κ3) is 3.98. The fraction of sp³-hybridized carbons (Fsp3) is 0.692. The van der Waals surface area contributed by atoms with E-state index >= 15 is 0 Å². The van der Waals surface area contributed by atoms with Crippen LogP contribution >= 0.6 is 11.8 Å². The van der Waals surface area contributed by atoms with Crippen LogP contribution in [0.5, 0.6) is 0 Å². The molecule has 0 radical (unpaired) electrons. The van der Waals surface area contributed by atoms with Gasteiger partial charge < -0.3 is 14.4 Å². The van der Waals surface area contributed by atoms with Gasteiger partial charge in [0.2, 0.25) is 0 Å². The van der Waals surface area contributed by atoms with Gasteiger partial charge in [-0.2, -0.15) is 0 Å². The number of imidazole rings is 1. The van der Waals surface area contributed by atoms with Gasteiger partial charge in [-0.15, -0.1) is 0 Å².